The maximum Gasteiger partial charge on any atom is 0.161 e. The largest absolute Gasteiger partial charge is 0.493 e. The van der Waals surface area contributed by atoms with E-state index in [9.17, 15) is 0 Å². The van der Waals surface area contributed by atoms with Crippen LogP contribution in [0.3, 0.4) is 0 Å². The molecule has 3 rings (SSSR count). The van der Waals surface area contributed by atoms with Gasteiger partial charge in [0.15, 0.2) is 11.5 Å². The number of pyridine rings is 1. The van der Waals surface area contributed by atoms with Gasteiger partial charge in [0.05, 0.1) is 7.11 Å². The molecule has 0 radical (unpaired) electrons. The predicted octanol–water partition coefficient (Wildman–Crippen LogP) is 2.39. The first-order valence-corrected chi connectivity index (χ1v) is 9.97. The number of aromatic nitrogens is 1. The fourth-order valence-corrected chi connectivity index (χ4v) is 3.36. The van der Waals surface area contributed by atoms with E-state index in [1.54, 1.807) is 19.5 Å². The molecule has 1 fully saturated rings. The molecule has 6 heteroatoms. The van der Waals surface area contributed by atoms with Crippen molar-refractivity contribution in [1.82, 2.24) is 20.1 Å². The summed E-state index contributed by atoms with van der Waals surface area (Å²) in [5.41, 5.74) is 2.28. The van der Waals surface area contributed by atoms with Crippen LogP contribution in [0.5, 0.6) is 11.5 Å². The molecule has 2 aromatic rings. The molecule has 2 heterocycles. The van der Waals surface area contributed by atoms with Crippen LogP contribution in [0.1, 0.15) is 18.1 Å². The van der Waals surface area contributed by atoms with Gasteiger partial charge >= 0.3 is 0 Å². The third kappa shape index (κ3) is 6.19. The van der Waals surface area contributed by atoms with E-state index in [4.69, 9.17) is 9.47 Å². The van der Waals surface area contributed by atoms with Crippen molar-refractivity contribution in [3.63, 3.8) is 0 Å². The molecular weight excluding hydrogens is 352 g/mol. The molecule has 0 aliphatic carbocycles. The molecule has 0 spiro atoms. The average molecular weight is 385 g/mol. The summed E-state index contributed by atoms with van der Waals surface area (Å²) in [6.45, 7) is 9.27. The number of nitrogens with zero attached hydrogens (tertiary/aromatic N) is 3. The second kappa shape index (κ2) is 10.4. The molecule has 1 aliphatic rings. The van der Waals surface area contributed by atoms with Gasteiger partial charge in [0.2, 0.25) is 0 Å². The summed E-state index contributed by atoms with van der Waals surface area (Å²) in [5.74, 6) is 1.52. The molecule has 28 heavy (non-hydrogen) atoms. The smallest absolute Gasteiger partial charge is 0.161 e. The monoisotopic (exact) mass is 384 g/mol. The van der Waals surface area contributed by atoms with Crippen LogP contribution in [0, 0.1) is 0 Å². The zero-order valence-corrected chi connectivity index (χ0v) is 17.2. The van der Waals surface area contributed by atoms with E-state index in [0.29, 0.717) is 12.6 Å². The summed E-state index contributed by atoms with van der Waals surface area (Å²) in [7, 11) is 3.87. The number of hydrogen-bond acceptors (Lipinski definition) is 6. The lowest BCUT2D eigenvalue weighted by Crippen LogP contribution is -2.48. The van der Waals surface area contributed by atoms with E-state index >= 15 is 0 Å². The van der Waals surface area contributed by atoms with Gasteiger partial charge in [-0.3, -0.25) is 9.88 Å². The first kappa shape index (κ1) is 20.6. The Kier molecular flexibility index (Phi) is 7.65. The van der Waals surface area contributed by atoms with Crippen LogP contribution < -0.4 is 14.8 Å². The summed E-state index contributed by atoms with van der Waals surface area (Å²) in [6.07, 6.45) is 3.54. The van der Waals surface area contributed by atoms with Crippen LogP contribution in [0.15, 0.2) is 42.7 Å². The van der Waals surface area contributed by atoms with Gasteiger partial charge in [-0.25, -0.2) is 0 Å². The van der Waals surface area contributed by atoms with Crippen molar-refractivity contribution in [2.45, 2.75) is 26.1 Å². The summed E-state index contributed by atoms with van der Waals surface area (Å²) in [4.78, 5) is 8.95. The molecule has 152 valence electrons. The number of hydrogen-bond donors (Lipinski definition) is 1. The van der Waals surface area contributed by atoms with E-state index in [1.165, 1.54) is 5.56 Å². The third-order valence-corrected chi connectivity index (χ3v) is 5.15. The van der Waals surface area contributed by atoms with E-state index < -0.39 is 0 Å². The van der Waals surface area contributed by atoms with E-state index in [2.05, 4.69) is 46.2 Å². The van der Waals surface area contributed by atoms with Crippen LogP contribution >= 0.6 is 0 Å². The fourth-order valence-electron chi connectivity index (χ4n) is 3.36. The zero-order valence-electron chi connectivity index (χ0n) is 17.2. The molecule has 0 amide bonds. The molecule has 1 atom stereocenters. The number of nitrogens with one attached hydrogen (secondary N) is 1. The summed E-state index contributed by atoms with van der Waals surface area (Å²) in [5, 5.41) is 3.63. The second-order valence-corrected chi connectivity index (χ2v) is 7.52. The summed E-state index contributed by atoms with van der Waals surface area (Å²) in [6, 6.07) is 10.5. The van der Waals surface area contributed by atoms with E-state index in [0.717, 1.165) is 56.3 Å². The number of methoxy groups -OCH3 is 1. The summed E-state index contributed by atoms with van der Waals surface area (Å²) >= 11 is 0. The van der Waals surface area contributed by atoms with E-state index in [1.807, 2.05) is 18.2 Å². The highest BCUT2D eigenvalue weighted by Crippen LogP contribution is 2.28. The van der Waals surface area contributed by atoms with Crippen LogP contribution in [-0.4, -0.2) is 67.7 Å². The Morgan fingerprint density at radius 3 is 2.50 bits per heavy atom. The summed E-state index contributed by atoms with van der Waals surface area (Å²) < 4.78 is 11.5. The van der Waals surface area contributed by atoms with Crippen molar-refractivity contribution >= 4 is 0 Å². The second-order valence-electron chi connectivity index (χ2n) is 7.52. The highest BCUT2D eigenvalue weighted by Gasteiger charge is 2.16. The van der Waals surface area contributed by atoms with Crippen molar-refractivity contribution in [2.75, 3.05) is 46.9 Å². The van der Waals surface area contributed by atoms with E-state index in [-0.39, 0.29) is 0 Å². The van der Waals surface area contributed by atoms with Gasteiger partial charge in [-0.15, -0.1) is 0 Å². The maximum atomic E-state index is 5.92. The van der Waals surface area contributed by atoms with Crippen molar-refractivity contribution in [3.8, 4) is 11.5 Å². The minimum Gasteiger partial charge on any atom is -0.493 e. The quantitative estimate of drug-likeness (QED) is 0.716. The number of ether oxygens (including phenoxy) is 2. The van der Waals surface area contributed by atoms with Crippen LogP contribution in [0.2, 0.25) is 0 Å². The Balaban J connectivity index is 1.49. The van der Waals surface area contributed by atoms with Gasteiger partial charge in [0, 0.05) is 57.7 Å². The lowest BCUT2D eigenvalue weighted by atomic mass is 10.1. The van der Waals surface area contributed by atoms with Crippen molar-refractivity contribution in [3.05, 3.63) is 53.9 Å². The molecule has 1 aromatic carbocycles. The zero-order chi connectivity index (χ0) is 19.8. The molecule has 0 saturated carbocycles. The standard InChI is InChI=1S/C22H32N4O2/c1-18(16-26-12-10-25(2)11-13-26)24-15-20-4-5-21(22(14-20)27-3)28-17-19-6-8-23-9-7-19/h4-9,14,18,24H,10-13,15-17H2,1-3H3. The predicted molar refractivity (Wildman–Crippen MR) is 112 cm³/mol. The Morgan fingerprint density at radius 2 is 1.79 bits per heavy atom. The van der Waals surface area contributed by atoms with Crippen LogP contribution in [0.4, 0.5) is 0 Å². The first-order valence-electron chi connectivity index (χ1n) is 9.97. The Bertz CT molecular complexity index is 718. The van der Waals surface area contributed by atoms with Gasteiger partial charge in [-0.05, 0) is 49.4 Å². The SMILES string of the molecule is COc1cc(CNC(C)CN2CCN(C)CC2)ccc1OCc1ccncc1. The number of rotatable bonds is 9. The number of likely N-dealkylation sites (N-methyl/N-ethyl adjacent to an activating group) is 1. The molecule has 1 unspecified atom stereocenters. The molecule has 6 nitrogen and oxygen atoms in total. The Hall–Kier alpha value is -2.15. The number of piperazine rings is 1. The lowest BCUT2D eigenvalue weighted by Gasteiger charge is -2.34. The van der Waals surface area contributed by atoms with Gasteiger partial charge in [0.25, 0.3) is 0 Å². The lowest BCUT2D eigenvalue weighted by molar-refractivity contribution is 0.144. The topological polar surface area (TPSA) is 49.9 Å². The van der Waals surface area contributed by atoms with Crippen molar-refractivity contribution < 1.29 is 9.47 Å². The highest BCUT2D eigenvalue weighted by molar-refractivity contribution is 5.43. The number of benzene rings is 1. The van der Waals surface area contributed by atoms with Crippen LogP contribution in [0.25, 0.3) is 0 Å². The molecule has 1 aliphatic heterocycles. The molecule has 1 saturated heterocycles. The maximum absolute atomic E-state index is 5.92. The molecule has 1 aromatic heterocycles. The Morgan fingerprint density at radius 1 is 1.04 bits per heavy atom. The van der Waals surface area contributed by atoms with Crippen LogP contribution in [-0.2, 0) is 13.2 Å². The van der Waals surface area contributed by atoms with Gasteiger partial charge < -0.3 is 19.7 Å². The first-order chi connectivity index (χ1) is 13.6. The van der Waals surface area contributed by atoms with Crippen molar-refractivity contribution in [2.24, 2.45) is 0 Å². The average Bonchev–Trinajstić information content (AvgIpc) is 2.73. The van der Waals surface area contributed by atoms with Gasteiger partial charge in [0.1, 0.15) is 6.61 Å². The minimum atomic E-state index is 0.442. The third-order valence-electron chi connectivity index (χ3n) is 5.15. The normalized spacial score (nSPS) is 16.7. The minimum absolute atomic E-state index is 0.442. The van der Waals surface area contributed by atoms with Gasteiger partial charge in [-0.2, -0.15) is 0 Å². The van der Waals surface area contributed by atoms with Crippen molar-refractivity contribution in [1.29, 1.82) is 0 Å². The molecular formula is C22H32N4O2. The fraction of sp³-hybridized carbons (Fsp3) is 0.500. The van der Waals surface area contributed by atoms with Gasteiger partial charge in [-0.1, -0.05) is 6.07 Å². The molecule has 1 N–H and O–H groups in total. The Labute approximate surface area is 168 Å². The highest BCUT2D eigenvalue weighted by atomic mass is 16.5. The molecule has 0 bridgehead atoms.